The minimum Gasteiger partial charge on any atom is -0.241 e. The summed E-state index contributed by atoms with van der Waals surface area (Å²) in [4.78, 5) is -0.365. The van der Waals surface area contributed by atoms with E-state index in [2.05, 4.69) is 25.8 Å². The van der Waals surface area contributed by atoms with Gasteiger partial charge in [-0.25, -0.2) is 22.2 Å². The fraction of sp³-hybridized carbons (Fsp3) is 0.118. The van der Waals surface area contributed by atoms with E-state index in [0.29, 0.717) is 10.9 Å². The van der Waals surface area contributed by atoms with Gasteiger partial charge in [-0.15, -0.1) is 0 Å². The highest BCUT2D eigenvalue weighted by molar-refractivity contribution is 9.10. The van der Waals surface area contributed by atoms with Crippen molar-refractivity contribution in [2.24, 2.45) is 0 Å². The zero-order valence-electron chi connectivity index (χ0n) is 13.1. The van der Waals surface area contributed by atoms with Gasteiger partial charge in [0.25, 0.3) is 0 Å². The molecule has 0 saturated heterocycles. The molecule has 0 aliphatic heterocycles. The minimum atomic E-state index is -3.90. The third-order valence-corrected chi connectivity index (χ3v) is 5.56. The van der Waals surface area contributed by atoms with Crippen molar-refractivity contribution in [2.45, 2.75) is 11.3 Å². The highest BCUT2D eigenvalue weighted by atomic mass is 79.9. The van der Waals surface area contributed by atoms with Crippen LogP contribution in [-0.4, -0.2) is 24.7 Å². The molecule has 0 aliphatic carbocycles. The van der Waals surface area contributed by atoms with Crippen LogP contribution in [0.3, 0.4) is 0 Å². The van der Waals surface area contributed by atoms with E-state index in [-0.39, 0.29) is 11.4 Å². The Hall–Kier alpha value is -2.03. The number of nitrogens with zero attached hydrogens (tertiary/aromatic N) is 2. The molecule has 5 nitrogen and oxygen atoms in total. The average molecular weight is 424 g/mol. The zero-order valence-corrected chi connectivity index (χ0v) is 15.5. The van der Waals surface area contributed by atoms with E-state index in [1.165, 1.54) is 12.1 Å². The van der Waals surface area contributed by atoms with Gasteiger partial charge < -0.3 is 0 Å². The van der Waals surface area contributed by atoms with Gasteiger partial charge in [-0.1, -0.05) is 28.1 Å². The molecule has 0 unspecified atom stereocenters. The summed E-state index contributed by atoms with van der Waals surface area (Å²) in [7, 11) is -3.90. The molecular formula is C17H15BrFN3O2S. The van der Waals surface area contributed by atoms with Gasteiger partial charge in [0.1, 0.15) is 10.7 Å². The van der Waals surface area contributed by atoms with Crippen molar-refractivity contribution < 1.29 is 12.8 Å². The largest absolute Gasteiger partial charge is 0.243 e. The Labute approximate surface area is 153 Å². The fourth-order valence-electron chi connectivity index (χ4n) is 2.33. The fourth-order valence-corrected chi connectivity index (χ4v) is 3.97. The molecule has 0 spiro atoms. The molecule has 0 aliphatic rings. The summed E-state index contributed by atoms with van der Waals surface area (Å²) >= 11 is 3.15. The predicted octanol–water partition coefficient (Wildman–Crippen LogP) is 3.29. The monoisotopic (exact) mass is 423 g/mol. The van der Waals surface area contributed by atoms with Crippen molar-refractivity contribution in [3.05, 3.63) is 76.8 Å². The number of benzene rings is 2. The Morgan fingerprint density at radius 2 is 1.92 bits per heavy atom. The van der Waals surface area contributed by atoms with E-state index in [4.69, 9.17) is 0 Å². The maximum atomic E-state index is 13.7. The van der Waals surface area contributed by atoms with Crippen molar-refractivity contribution in [1.82, 2.24) is 14.5 Å². The van der Waals surface area contributed by atoms with Crippen LogP contribution < -0.4 is 4.72 Å². The van der Waals surface area contributed by atoms with E-state index in [9.17, 15) is 12.8 Å². The molecule has 0 saturated carbocycles. The molecule has 25 heavy (non-hydrogen) atoms. The third kappa shape index (κ3) is 4.33. The Morgan fingerprint density at radius 3 is 2.60 bits per heavy atom. The lowest BCUT2D eigenvalue weighted by Crippen LogP contribution is -2.26. The summed E-state index contributed by atoms with van der Waals surface area (Å²) in [5.41, 5.74) is 1.89. The van der Waals surface area contributed by atoms with Gasteiger partial charge in [0.05, 0.1) is 5.69 Å². The molecule has 0 fully saturated rings. The standard InChI is InChI=1S/C17H15BrFN3O2S/c18-14-4-7-16(19)17(12-14)25(23,24)21-10-8-13-2-5-15(6-3-13)22-11-1-9-20-22/h1-7,9,11-12,21H,8,10H2. The van der Waals surface area contributed by atoms with Crippen LogP contribution in [0.4, 0.5) is 4.39 Å². The highest BCUT2D eigenvalue weighted by Crippen LogP contribution is 2.19. The number of rotatable bonds is 6. The molecule has 3 aromatic rings. The SMILES string of the molecule is O=S(=O)(NCCc1ccc(-n2cccn2)cc1)c1cc(Br)ccc1F. The number of sulfonamides is 1. The number of aromatic nitrogens is 2. The first-order valence-electron chi connectivity index (χ1n) is 7.49. The second-order valence-electron chi connectivity index (χ2n) is 5.34. The van der Waals surface area contributed by atoms with E-state index < -0.39 is 15.8 Å². The summed E-state index contributed by atoms with van der Waals surface area (Å²) in [5, 5.41) is 4.15. The lowest BCUT2D eigenvalue weighted by Gasteiger charge is -2.09. The molecular weight excluding hydrogens is 409 g/mol. The van der Waals surface area contributed by atoms with Crippen LogP contribution in [0, 0.1) is 5.82 Å². The van der Waals surface area contributed by atoms with Gasteiger partial charge in [-0.05, 0) is 48.4 Å². The minimum absolute atomic E-state index is 0.176. The Kier molecular flexibility index (Phi) is 5.31. The quantitative estimate of drug-likeness (QED) is 0.661. The van der Waals surface area contributed by atoms with Crippen LogP contribution in [-0.2, 0) is 16.4 Å². The Bertz CT molecular complexity index is 958. The maximum absolute atomic E-state index is 13.7. The first-order chi connectivity index (χ1) is 12.0. The van der Waals surface area contributed by atoms with Crippen LogP contribution in [0.25, 0.3) is 5.69 Å². The average Bonchev–Trinajstić information content (AvgIpc) is 3.12. The summed E-state index contributed by atoms with van der Waals surface area (Å²) < 4.78 is 42.9. The topological polar surface area (TPSA) is 64.0 Å². The highest BCUT2D eigenvalue weighted by Gasteiger charge is 2.18. The van der Waals surface area contributed by atoms with Crippen molar-refractivity contribution in [2.75, 3.05) is 6.54 Å². The smallest absolute Gasteiger partial charge is 0.241 e. The lowest BCUT2D eigenvalue weighted by atomic mass is 10.1. The van der Waals surface area contributed by atoms with Gasteiger partial charge in [0, 0.05) is 23.4 Å². The molecule has 1 aromatic heterocycles. The lowest BCUT2D eigenvalue weighted by molar-refractivity contribution is 0.557. The van der Waals surface area contributed by atoms with Gasteiger partial charge >= 0.3 is 0 Å². The zero-order chi connectivity index (χ0) is 17.9. The van der Waals surface area contributed by atoms with Crippen molar-refractivity contribution in [1.29, 1.82) is 0 Å². The van der Waals surface area contributed by atoms with Crippen LogP contribution in [0.2, 0.25) is 0 Å². The molecule has 0 atom stereocenters. The molecule has 0 bridgehead atoms. The molecule has 130 valence electrons. The molecule has 1 heterocycles. The predicted molar refractivity (Wildman–Crippen MR) is 96.6 cm³/mol. The van der Waals surface area contributed by atoms with Crippen molar-refractivity contribution in [3.63, 3.8) is 0 Å². The van der Waals surface area contributed by atoms with Crippen LogP contribution in [0.1, 0.15) is 5.56 Å². The summed E-state index contributed by atoms with van der Waals surface area (Å²) in [5.74, 6) is -0.778. The van der Waals surface area contributed by atoms with Gasteiger partial charge in [-0.2, -0.15) is 5.10 Å². The molecule has 8 heteroatoms. The molecule has 2 aromatic carbocycles. The number of halogens is 2. The summed E-state index contributed by atoms with van der Waals surface area (Å²) in [6.07, 6.45) is 4.04. The first-order valence-corrected chi connectivity index (χ1v) is 9.77. The first kappa shape index (κ1) is 17.8. The number of hydrogen-bond acceptors (Lipinski definition) is 3. The van der Waals surface area contributed by atoms with E-state index in [0.717, 1.165) is 17.3 Å². The van der Waals surface area contributed by atoms with E-state index in [1.807, 2.05) is 36.5 Å². The summed E-state index contributed by atoms with van der Waals surface area (Å²) in [6.45, 7) is 0.176. The van der Waals surface area contributed by atoms with Gasteiger partial charge in [-0.3, -0.25) is 0 Å². The van der Waals surface area contributed by atoms with Crippen LogP contribution in [0.5, 0.6) is 0 Å². The van der Waals surface area contributed by atoms with Crippen LogP contribution >= 0.6 is 15.9 Å². The Morgan fingerprint density at radius 1 is 1.16 bits per heavy atom. The van der Waals surface area contributed by atoms with E-state index >= 15 is 0 Å². The normalized spacial score (nSPS) is 11.6. The molecule has 0 amide bonds. The Balaban J connectivity index is 1.63. The van der Waals surface area contributed by atoms with Crippen LogP contribution in [0.15, 0.2) is 70.3 Å². The maximum Gasteiger partial charge on any atom is 0.243 e. The third-order valence-electron chi connectivity index (χ3n) is 3.59. The second kappa shape index (κ2) is 7.47. The van der Waals surface area contributed by atoms with Gasteiger partial charge in [0.15, 0.2) is 0 Å². The number of nitrogens with one attached hydrogen (secondary N) is 1. The van der Waals surface area contributed by atoms with Crippen molar-refractivity contribution >= 4 is 26.0 Å². The molecule has 3 rings (SSSR count). The van der Waals surface area contributed by atoms with Crippen molar-refractivity contribution in [3.8, 4) is 5.69 Å². The van der Waals surface area contributed by atoms with E-state index in [1.54, 1.807) is 10.9 Å². The molecule has 0 radical (unpaired) electrons. The summed E-state index contributed by atoms with van der Waals surface area (Å²) in [6, 6.07) is 13.3. The van der Waals surface area contributed by atoms with Gasteiger partial charge in [0.2, 0.25) is 10.0 Å². The number of hydrogen-bond donors (Lipinski definition) is 1. The second-order valence-corrected chi connectivity index (χ2v) is 7.99. The molecule has 1 N–H and O–H groups in total.